The molecule has 1 fully saturated rings. The second kappa shape index (κ2) is 7.37. The van der Waals surface area contributed by atoms with Crippen LogP contribution in [-0.4, -0.2) is 46.4 Å². The fourth-order valence-corrected chi connectivity index (χ4v) is 3.45. The van der Waals surface area contributed by atoms with Crippen molar-refractivity contribution in [3.8, 4) is 16.9 Å². The zero-order valence-corrected chi connectivity index (χ0v) is 15.6. The molecule has 0 radical (unpaired) electrons. The van der Waals surface area contributed by atoms with E-state index >= 15 is 0 Å². The zero-order chi connectivity index (χ0) is 18.8. The van der Waals surface area contributed by atoms with Gasteiger partial charge in [0.05, 0.1) is 24.0 Å². The van der Waals surface area contributed by atoms with Crippen LogP contribution in [0.25, 0.3) is 16.9 Å². The molecular formula is C22H23N3O2. The van der Waals surface area contributed by atoms with Crippen molar-refractivity contribution >= 4 is 5.91 Å². The quantitative estimate of drug-likeness (QED) is 0.714. The van der Waals surface area contributed by atoms with Gasteiger partial charge in [-0.25, -0.2) is 4.68 Å². The Morgan fingerprint density at radius 2 is 1.85 bits per heavy atom. The molecule has 0 aliphatic carbocycles. The van der Waals surface area contributed by atoms with Crippen LogP contribution in [0.2, 0.25) is 0 Å². The summed E-state index contributed by atoms with van der Waals surface area (Å²) in [5.41, 5.74) is 4.36. The van der Waals surface area contributed by atoms with Crippen LogP contribution in [0.3, 0.4) is 0 Å². The highest BCUT2D eigenvalue weighted by Crippen LogP contribution is 2.28. The molecule has 2 heterocycles. The fourth-order valence-electron chi connectivity index (χ4n) is 3.45. The van der Waals surface area contributed by atoms with E-state index in [4.69, 9.17) is 9.84 Å². The van der Waals surface area contributed by atoms with Gasteiger partial charge in [0.1, 0.15) is 5.69 Å². The Morgan fingerprint density at radius 1 is 1.11 bits per heavy atom. The number of morpholine rings is 1. The highest BCUT2D eigenvalue weighted by molar-refractivity contribution is 6.00. The van der Waals surface area contributed by atoms with Crippen molar-refractivity contribution in [2.24, 2.45) is 0 Å². The van der Waals surface area contributed by atoms with E-state index in [0.717, 1.165) is 22.5 Å². The van der Waals surface area contributed by atoms with Crippen LogP contribution >= 0.6 is 0 Å². The molecule has 0 N–H and O–H groups in total. The van der Waals surface area contributed by atoms with Gasteiger partial charge in [-0.3, -0.25) is 4.79 Å². The average Bonchev–Trinajstić information content (AvgIpc) is 3.13. The molecule has 0 spiro atoms. The fraction of sp³-hybridized carbons (Fsp3) is 0.273. The average molecular weight is 361 g/mol. The molecule has 2 aromatic carbocycles. The molecule has 5 nitrogen and oxygen atoms in total. The number of nitrogens with zero attached hydrogens (tertiary/aromatic N) is 3. The van der Waals surface area contributed by atoms with Crippen molar-refractivity contribution in [2.45, 2.75) is 20.0 Å². The topological polar surface area (TPSA) is 47.4 Å². The third-order valence-electron chi connectivity index (χ3n) is 4.89. The van der Waals surface area contributed by atoms with Crippen LogP contribution in [0.1, 0.15) is 22.8 Å². The Bertz CT molecular complexity index is 949. The first-order valence-corrected chi connectivity index (χ1v) is 9.25. The maximum atomic E-state index is 13.3. The second-order valence-corrected chi connectivity index (χ2v) is 6.92. The molecule has 3 aromatic rings. The number of hydrogen-bond donors (Lipinski definition) is 0. The molecule has 5 heteroatoms. The van der Waals surface area contributed by atoms with Crippen LogP contribution in [-0.2, 0) is 4.74 Å². The Hall–Kier alpha value is -2.92. The van der Waals surface area contributed by atoms with Crippen molar-refractivity contribution in [2.75, 3.05) is 19.7 Å². The number of para-hydroxylation sites is 1. The van der Waals surface area contributed by atoms with Crippen molar-refractivity contribution < 1.29 is 9.53 Å². The number of rotatable bonds is 3. The Balaban J connectivity index is 1.80. The SMILES string of the molecule is Cc1ccccc1-c1nn(-c2ccccc2)cc1C(=O)N1CCOC(C)C1. The van der Waals surface area contributed by atoms with Gasteiger partial charge >= 0.3 is 0 Å². The number of aryl methyl sites for hydroxylation is 1. The van der Waals surface area contributed by atoms with Crippen LogP contribution in [0.4, 0.5) is 0 Å². The minimum Gasteiger partial charge on any atom is -0.375 e. The minimum atomic E-state index is 0.00517. The summed E-state index contributed by atoms with van der Waals surface area (Å²) in [6.45, 7) is 5.81. The van der Waals surface area contributed by atoms with Gasteiger partial charge in [-0.2, -0.15) is 5.10 Å². The van der Waals surface area contributed by atoms with Crippen LogP contribution in [0, 0.1) is 6.92 Å². The van der Waals surface area contributed by atoms with E-state index in [0.29, 0.717) is 25.3 Å². The van der Waals surface area contributed by atoms with Gasteiger partial charge in [0.25, 0.3) is 5.91 Å². The number of amides is 1. The maximum Gasteiger partial charge on any atom is 0.257 e. The van der Waals surface area contributed by atoms with E-state index in [-0.39, 0.29) is 12.0 Å². The van der Waals surface area contributed by atoms with Gasteiger partial charge in [0.2, 0.25) is 0 Å². The van der Waals surface area contributed by atoms with Crippen LogP contribution in [0.5, 0.6) is 0 Å². The standard InChI is InChI=1S/C22H23N3O2/c1-16-8-6-7-11-19(16)21-20(22(26)24-12-13-27-17(2)14-24)15-25(23-21)18-9-4-3-5-10-18/h3-11,15,17H,12-14H2,1-2H3. The first-order chi connectivity index (χ1) is 13.1. The third-order valence-corrected chi connectivity index (χ3v) is 4.89. The van der Waals surface area contributed by atoms with Gasteiger partial charge in [-0.15, -0.1) is 0 Å². The minimum absolute atomic E-state index is 0.00517. The highest BCUT2D eigenvalue weighted by Gasteiger charge is 2.27. The lowest BCUT2D eigenvalue weighted by Gasteiger charge is -2.31. The molecule has 0 saturated carbocycles. The van der Waals surface area contributed by atoms with E-state index in [2.05, 4.69) is 0 Å². The Kier molecular flexibility index (Phi) is 4.77. The third kappa shape index (κ3) is 3.51. The Labute approximate surface area is 159 Å². The largest absolute Gasteiger partial charge is 0.375 e. The summed E-state index contributed by atoms with van der Waals surface area (Å²) in [6.07, 6.45) is 1.90. The monoisotopic (exact) mass is 361 g/mol. The molecule has 1 unspecified atom stereocenters. The van der Waals surface area contributed by atoms with Gasteiger partial charge in [0.15, 0.2) is 0 Å². The van der Waals surface area contributed by atoms with Crippen LogP contribution in [0.15, 0.2) is 60.8 Å². The van der Waals surface area contributed by atoms with Crippen LogP contribution < -0.4 is 0 Å². The summed E-state index contributed by atoms with van der Waals surface area (Å²) < 4.78 is 7.38. The summed E-state index contributed by atoms with van der Waals surface area (Å²) in [5.74, 6) is 0.00517. The van der Waals surface area contributed by atoms with E-state index in [9.17, 15) is 4.79 Å². The predicted molar refractivity (Wildman–Crippen MR) is 105 cm³/mol. The summed E-state index contributed by atoms with van der Waals surface area (Å²) in [7, 11) is 0. The normalized spacial score (nSPS) is 17.1. The summed E-state index contributed by atoms with van der Waals surface area (Å²) >= 11 is 0. The first-order valence-electron chi connectivity index (χ1n) is 9.25. The molecule has 1 amide bonds. The van der Waals surface area contributed by atoms with E-state index in [1.165, 1.54) is 0 Å². The molecule has 27 heavy (non-hydrogen) atoms. The van der Waals surface area contributed by atoms with E-state index in [1.807, 2.05) is 79.5 Å². The smallest absolute Gasteiger partial charge is 0.257 e. The van der Waals surface area contributed by atoms with Crippen molar-refractivity contribution in [1.29, 1.82) is 0 Å². The molecule has 138 valence electrons. The Morgan fingerprint density at radius 3 is 2.59 bits per heavy atom. The van der Waals surface area contributed by atoms with Gasteiger partial charge < -0.3 is 9.64 Å². The van der Waals surface area contributed by atoms with Gasteiger partial charge in [-0.1, -0.05) is 42.5 Å². The maximum absolute atomic E-state index is 13.3. The van der Waals surface area contributed by atoms with Gasteiger partial charge in [0, 0.05) is 24.8 Å². The first kappa shape index (κ1) is 17.5. The lowest BCUT2D eigenvalue weighted by molar-refractivity contribution is -0.0123. The number of benzene rings is 2. The molecule has 1 aromatic heterocycles. The van der Waals surface area contributed by atoms with Crippen molar-refractivity contribution in [3.63, 3.8) is 0 Å². The number of carbonyl (C=O) groups is 1. The van der Waals surface area contributed by atoms with Gasteiger partial charge in [-0.05, 0) is 31.5 Å². The summed E-state index contributed by atoms with van der Waals surface area (Å²) in [5, 5.41) is 4.78. The lowest BCUT2D eigenvalue weighted by Crippen LogP contribution is -2.44. The number of aromatic nitrogens is 2. The second-order valence-electron chi connectivity index (χ2n) is 6.92. The van der Waals surface area contributed by atoms with Crippen molar-refractivity contribution in [3.05, 3.63) is 71.9 Å². The van der Waals surface area contributed by atoms with E-state index < -0.39 is 0 Å². The zero-order valence-electron chi connectivity index (χ0n) is 15.6. The summed E-state index contributed by atoms with van der Waals surface area (Å²) in [6, 6.07) is 17.9. The lowest BCUT2D eigenvalue weighted by atomic mass is 10.0. The summed E-state index contributed by atoms with van der Waals surface area (Å²) in [4.78, 5) is 15.2. The molecule has 1 saturated heterocycles. The van der Waals surface area contributed by atoms with E-state index in [1.54, 1.807) is 4.68 Å². The molecule has 1 atom stereocenters. The molecule has 4 rings (SSSR count). The number of carbonyl (C=O) groups excluding carboxylic acids is 1. The predicted octanol–water partition coefficient (Wildman–Crippen LogP) is 3.71. The molecule has 1 aliphatic heterocycles. The highest BCUT2D eigenvalue weighted by atomic mass is 16.5. The number of hydrogen-bond acceptors (Lipinski definition) is 3. The molecule has 0 bridgehead atoms. The molecule has 1 aliphatic rings. The number of ether oxygens (including phenoxy) is 1. The molecular weight excluding hydrogens is 338 g/mol. The van der Waals surface area contributed by atoms with Crippen molar-refractivity contribution in [1.82, 2.24) is 14.7 Å².